The van der Waals surface area contributed by atoms with Gasteiger partial charge in [-0.3, -0.25) is 19.7 Å². The number of carbonyl (C=O) groups excluding carboxylic acids is 2. The molecule has 0 radical (unpaired) electrons. The summed E-state index contributed by atoms with van der Waals surface area (Å²) in [4.78, 5) is 36.8. The second-order valence-corrected chi connectivity index (χ2v) is 6.62. The van der Waals surface area contributed by atoms with Crippen molar-refractivity contribution in [3.8, 4) is 0 Å². The molecule has 1 aromatic rings. The second kappa shape index (κ2) is 9.91. The van der Waals surface area contributed by atoms with E-state index in [2.05, 4.69) is 10.6 Å². The maximum atomic E-state index is 12.8. The number of aryl methyl sites for hydroxylation is 1. The highest BCUT2D eigenvalue weighted by atomic mass is 16.4. The third-order valence-electron chi connectivity index (χ3n) is 4.76. The van der Waals surface area contributed by atoms with Crippen LogP contribution in [0.25, 0.3) is 0 Å². The summed E-state index contributed by atoms with van der Waals surface area (Å²) in [5.74, 6) is -1.11. The number of benzene rings is 1. The molecule has 26 heavy (non-hydrogen) atoms. The molecule has 0 saturated carbocycles. The molecule has 3 unspecified atom stereocenters. The van der Waals surface area contributed by atoms with Crippen LogP contribution in [0.15, 0.2) is 30.3 Å². The summed E-state index contributed by atoms with van der Waals surface area (Å²) < 4.78 is 0. The van der Waals surface area contributed by atoms with Gasteiger partial charge in [0.1, 0.15) is 12.2 Å². The minimum atomic E-state index is -0.955. The van der Waals surface area contributed by atoms with Crippen molar-refractivity contribution >= 4 is 18.3 Å². The van der Waals surface area contributed by atoms with Gasteiger partial charge in [0.2, 0.25) is 12.3 Å². The van der Waals surface area contributed by atoms with Crippen molar-refractivity contribution < 1.29 is 19.5 Å². The van der Waals surface area contributed by atoms with Crippen molar-refractivity contribution in [1.82, 2.24) is 15.5 Å². The van der Waals surface area contributed by atoms with Crippen LogP contribution in [0.4, 0.5) is 0 Å². The van der Waals surface area contributed by atoms with Crippen molar-refractivity contribution in [3.05, 3.63) is 35.9 Å². The first-order chi connectivity index (χ1) is 12.5. The number of nitrogens with zero attached hydrogens (tertiary/aromatic N) is 1. The molecular formula is C19H27N3O4. The molecule has 1 aromatic carbocycles. The van der Waals surface area contributed by atoms with Gasteiger partial charge in [-0.1, -0.05) is 30.3 Å². The molecule has 0 bridgehead atoms. The lowest BCUT2D eigenvalue weighted by Crippen LogP contribution is -2.55. The minimum absolute atomic E-state index is 0.157. The molecule has 142 valence electrons. The average molecular weight is 361 g/mol. The van der Waals surface area contributed by atoms with Gasteiger partial charge in [-0.15, -0.1) is 0 Å². The molecule has 7 heteroatoms. The molecule has 1 saturated heterocycles. The van der Waals surface area contributed by atoms with Crippen LogP contribution < -0.4 is 10.6 Å². The van der Waals surface area contributed by atoms with Crippen LogP contribution in [0.1, 0.15) is 38.2 Å². The smallest absolute Gasteiger partial charge is 0.320 e. The molecule has 1 aliphatic heterocycles. The summed E-state index contributed by atoms with van der Waals surface area (Å²) in [5.41, 5.74) is 1.07. The molecule has 0 aliphatic carbocycles. The summed E-state index contributed by atoms with van der Waals surface area (Å²) in [6.07, 6.45) is 3.46. The van der Waals surface area contributed by atoms with E-state index in [1.807, 2.05) is 30.3 Å². The summed E-state index contributed by atoms with van der Waals surface area (Å²) in [6, 6.07) is 8.35. The zero-order valence-corrected chi connectivity index (χ0v) is 15.1. The molecule has 2 amide bonds. The normalized spacial score (nSPS) is 20.1. The van der Waals surface area contributed by atoms with E-state index in [0.29, 0.717) is 32.2 Å². The number of amides is 2. The van der Waals surface area contributed by atoms with Crippen molar-refractivity contribution in [2.45, 2.75) is 57.3 Å². The first-order valence-corrected chi connectivity index (χ1v) is 9.06. The third kappa shape index (κ3) is 5.56. The van der Waals surface area contributed by atoms with E-state index in [9.17, 15) is 19.5 Å². The van der Waals surface area contributed by atoms with Crippen LogP contribution in [-0.2, 0) is 20.8 Å². The number of hydrogen-bond acceptors (Lipinski definition) is 4. The van der Waals surface area contributed by atoms with Crippen LogP contribution in [0.3, 0.4) is 0 Å². The number of carbonyl (C=O) groups is 3. The lowest BCUT2D eigenvalue weighted by molar-refractivity contribution is -0.141. The van der Waals surface area contributed by atoms with Gasteiger partial charge in [-0.2, -0.15) is 0 Å². The Kier molecular flexibility index (Phi) is 7.59. The van der Waals surface area contributed by atoms with Crippen molar-refractivity contribution in [3.63, 3.8) is 0 Å². The van der Waals surface area contributed by atoms with Crippen LogP contribution in [0.5, 0.6) is 0 Å². The zero-order chi connectivity index (χ0) is 18.9. The monoisotopic (exact) mass is 361 g/mol. The Bertz CT molecular complexity index is 608. The maximum Gasteiger partial charge on any atom is 0.320 e. The second-order valence-electron chi connectivity index (χ2n) is 6.62. The highest BCUT2D eigenvalue weighted by molar-refractivity contribution is 5.84. The summed E-state index contributed by atoms with van der Waals surface area (Å²) in [5, 5.41) is 15.2. The number of aliphatic carboxylic acids is 1. The summed E-state index contributed by atoms with van der Waals surface area (Å²) in [6.45, 7) is 2.31. The SMILES string of the molecule is CC(NC=O)N1CCCCC(NC(CCc2ccccc2)C(=O)O)C1=O. The third-order valence-corrected chi connectivity index (χ3v) is 4.76. The van der Waals surface area contributed by atoms with Crippen LogP contribution in [0.2, 0.25) is 0 Å². The number of hydrogen-bond donors (Lipinski definition) is 3. The first-order valence-electron chi connectivity index (χ1n) is 9.06. The minimum Gasteiger partial charge on any atom is -0.480 e. The Morgan fingerprint density at radius 2 is 2.08 bits per heavy atom. The lowest BCUT2D eigenvalue weighted by Gasteiger charge is -2.31. The standard InChI is InChI=1S/C19H27N3O4/c1-14(20-13-23)22-12-6-5-9-16(18(22)24)21-17(19(25)26)11-10-15-7-3-2-4-8-15/h2-4,7-8,13-14,16-17,21H,5-6,9-12H2,1H3,(H,20,23)(H,25,26). The number of carboxylic acids is 1. The van der Waals surface area contributed by atoms with Gasteiger partial charge in [-0.25, -0.2) is 0 Å². The fraction of sp³-hybridized carbons (Fsp3) is 0.526. The Balaban J connectivity index is 2.02. The summed E-state index contributed by atoms with van der Waals surface area (Å²) in [7, 11) is 0. The van der Waals surface area contributed by atoms with Gasteiger partial charge in [0, 0.05) is 6.54 Å². The number of rotatable bonds is 9. The molecule has 1 heterocycles. The largest absolute Gasteiger partial charge is 0.480 e. The number of likely N-dealkylation sites (tertiary alicyclic amines) is 1. The molecule has 3 N–H and O–H groups in total. The van der Waals surface area contributed by atoms with E-state index >= 15 is 0 Å². The van der Waals surface area contributed by atoms with Gasteiger partial charge < -0.3 is 15.3 Å². The maximum absolute atomic E-state index is 12.8. The Hall–Kier alpha value is -2.41. The van der Waals surface area contributed by atoms with Crippen molar-refractivity contribution in [2.75, 3.05) is 6.54 Å². The molecule has 0 aromatic heterocycles. The van der Waals surface area contributed by atoms with E-state index in [1.165, 1.54) is 0 Å². The van der Waals surface area contributed by atoms with E-state index < -0.39 is 24.2 Å². The Morgan fingerprint density at radius 1 is 1.35 bits per heavy atom. The number of carboxylic acid groups (broad SMARTS) is 1. The van der Waals surface area contributed by atoms with Gasteiger partial charge in [0.25, 0.3) is 0 Å². The number of nitrogens with one attached hydrogen (secondary N) is 2. The molecule has 0 spiro atoms. The molecule has 1 fully saturated rings. The van der Waals surface area contributed by atoms with Crippen LogP contribution >= 0.6 is 0 Å². The first kappa shape index (κ1) is 19.9. The molecule has 2 rings (SSSR count). The van der Waals surface area contributed by atoms with E-state index in [0.717, 1.165) is 18.4 Å². The molecule has 1 aliphatic rings. The Morgan fingerprint density at radius 3 is 2.73 bits per heavy atom. The predicted octanol–water partition coefficient (Wildman–Crippen LogP) is 1.14. The van der Waals surface area contributed by atoms with E-state index in [-0.39, 0.29) is 5.91 Å². The lowest BCUT2D eigenvalue weighted by atomic mass is 10.0. The predicted molar refractivity (Wildman–Crippen MR) is 97.3 cm³/mol. The Labute approximate surface area is 153 Å². The highest BCUT2D eigenvalue weighted by Gasteiger charge is 2.32. The zero-order valence-electron chi connectivity index (χ0n) is 15.1. The van der Waals surface area contributed by atoms with Crippen molar-refractivity contribution in [2.24, 2.45) is 0 Å². The van der Waals surface area contributed by atoms with Crippen LogP contribution in [0, 0.1) is 0 Å². The van der Waals surface area contributed by atoms with Gasteiger partial charge in [-0.05, 0) is 44.6 Å². The molecule has 7 nitrogen and oxygen atoms in total. The fourth-order valence-corrected chi connectivity index (χ4v) is 3.27. The summed E-state index contributed by atoms with van der Waals surface area (Å²) >= 11 is 0. The van der Waals surface area contributed by atoms with E-state index in [4.69, 9.17) is 0 Å². The quantitative estimate of drug-likeness (QED) is 0.573. The highest BCUT2D eigenvalue weighted by Crippen LogP contribution is 2.16. The van der Waals surface area contributed by atoms with E-state index in [1.54, 1.807) is 11.8 Å². The van der Waals surface area contributed by atoms with Gasteiger partial charge in [0.05, 0.1) is 6.04 Å². The average Bonchev–Trinajstić information content (AvgIpc) is 2.81. The molecular weight excluding hydrogens is 334 g/mol. The van der Waals surface area contributed by atoms with Crippen molar-refractivity contribution in [1.29, 1.82) is 0 Å². The van der Waals surface area contributed by atoms with Gasteiger partial charge >= 0.3 is 5.97 Å². The van der Waals surface area contributed by atoms with Crippen LogP contribution in [-0.4, -0.2) is 53.1 Å². The van der Waals surface area contributed by atoms with Gasteiger partial charge in [0.15, 0.2) is 0 Å². The topological polar surface area (TPSA) is 98.7 Å². The molecule has 3 atom stereocenters. The fourth-order valence-electron chi connectivity index (χ4n) is 3.27.